The first-order valence-electron chi connectivity index (χ1n) is 7.83. The Morgan fingerprint density at radius 2 is 1.77 bits per heavy atom. The van der Waals surface area contributed by atoms with Crippen LogP contribution in [0.1, 0.15) is 16.1 Å². The quantitative estimate of drug-likeness (QED) is 0.765. The van der Waals surface area contributed by atoms with Crippen LogP contribution in [-0.2, 0) is 6.54 Å². The average molecular weight is 353 g/mol. The van der Waals surface area contributed by atoms with Crippen molar-refractivity contribution in [1.29, 1.82) is 0 Å². The zero-order chi connectivity index (χ0) is 18.5. The predicted octanol–water partition coefficient (Wildman–Crippen LogP) is 2.69. The number of ether oxygens (including phenoxy) is 1. The molecule has 0 aliphatic rings. The third-order valence-electron chi connectivity index (χ3n) is 3.69. The predicted molar refractivity (Wildman–Crippen MR) is 94.9 cm³/mol. The number of nitrogens with one attached hydrogen (secondary N) is 1. The van der Waals surface area contributed by atoms with Crippen molar-refractivity contribution in [2.75, 3.05) is 12.4 Å². The molecule has 7 heteroatoms. The minimum absolute atomic E-state index is 0.0996. The molecule has 26 heavy (non-hydrogen) atoms. The van der Waals surface area contributed by atoms with Gasteiger partial charge in [-0.1, -0.05) is 12.1 Å². The molecule has 2 aromatic carbocycles. The molecule has 0 bridgehead atoms. The van der Waals surface area contributed by atoms with E-state index in [0.29, 0.717) is 17.0 Å². The number of anilines is 1. The Morgan fingerprint density at radius 1 is 1.08 bits per heavy atom. The van der Waals surface area contributed by atoms with Crippen LogP contribution in [0.15, 0.2) is 65.5 Å². The fraction of sp³-hybridized carbons (Fsp3) is 0.105. The highest BCUT2D eigenvalue weighted by Crippen LogP contribution is 2.15. The number of carbonyl (C=O) groups excluding carboxylic acids is 1. The van der Waals surface area contributed by atoms with Gasteiger partial charge in [0.05, 0.1) is 13.7 Å². The lowest BCUT2D eigenvalue weighted by Crippen LogP contribution is -2.26. The summed E-state index contributed by atoms with van der Waals surface area (Å²) in [6.45, 7) is 0.142. The largest absolute Gasteiger partial charge is 0.497 e. The van der Waals surface area contributed by atoms with Gasteiger partial charge in [-0.2, -0.15) is 5.10 Å². The summed E-state index contributed by atoms with van der Waals surface area (Å²) < 4.78 is 19.2. The van der Waals surface area contributed by atoms with E-state index in [2.05, 4.69) is 10.4 Å². The van der Waals surface area contributed by atoms with E-state index < -0.39 is 5.91 Å². The second-order valence-corrected chi connectivity index (χ2v) is 5.52. The van der Waals surface area contributed by atoms with Crippen LogP contribution in [0, 0.1) is 5.82 Å². The first kappa shape index (κ1) is 17.3. The zero-order valence-corrected chi connectivity index (χ0v) is 14.0. The van der Waals surface area contributed by atoms with E-state index in [1.807, 2.05) is 0 Å². The van der Waals surface area contributed by atoms with Gasteiger partial charge in [0.25, 0.3) is 11.5 Å². The number of nitrogens with zero attached hydrogens (tertiary/aromatic N) is 2. The summed E-state index contributed by atoms with van der Waals surface area (Å²) >= 11 is 0. The summed E-state index contributed by atoms with van der Waals surface area (Å²) in [6, 6.07) is 15.2. The van der Waals surface area contributed by atoms with E-state index in [9.17, 15) is 14.0 Å². The maximum absolute atomic E-state index is 13.0. The van der Waals surface area contributed by atoms with Gasteiger partial charge in [-0.25, -0.2) is 9.07 Å². The van der Waals surface area contributed by atoms with Crippen LogP contribution >= 0.6 is 0 Å². The molecule has 1 aromatic heterocycles. The lowest BCUT2D eigenvalue weighted by molar-refractivity contribution is 0.102. The standard InChI is InChI=1S/C19H16FN3O3/c1-26-16-8-6-15(7-9-16)21-19(25)17-10-11-18(24)23(22-17)12-13-2-4-14(20)5-3-13/h2-11H,12H2,1H3,(H,21,25). The highest BCUT2D eigenvalue weighted by atomic mass is 19.1. The molecule has 1 N–H and O–H groups in total. The van der Waals surface area contributed by atoms with Gasteiger partial charge in [0.2, 0.25) is 0 Å². The van der Waals surface area contributed by atoms with Gasteiger partial charge in [0.15, 0.2) is 0 Å². The van der Waals surface area contributed by atoms with Gasteiger partial charge in [-0.3, -0.25) is 9.59 Å². The molecule has 0 unspecified atom stereocenters. The minimum Gasteiger partial charge on any atom is -0.497 e. The Hall–Kier alpha value is -3.48. The number of carbonyl (C=O) groups is 1. The Labute approximate surface area is 148 Å². The van der Waals surface area contributed by atoms with Crippen LogP contribution in [0.5, 0.6) is 5.75 Å². The monoisotopic (exact) mass is 353 g/mol. The highest BCUT2D eigenvalue weighted by Gasteiger charge is 2.10. The number of hydrogen-bond donors (Lipinski definition) is 1. The van der Waals surface area contributed by atoms with E-state index in [1.165, 1.54) is 24.3 Å². The molecule has 132 valence electrons. The summed E-state index contributed by atoms with van der Waals surface area (Å²) in [4.78, 5) is 24.3. The van der Waals surface area contributed by atoms with Gasteiger partial charge in [0.1, 0.15) is 17.3 Å². The van der Waals surface area contributed by atoms with Crippen molar-refractivity contribution in [3.8, 4) is 5.75 Å². The second-order valence-electron chi connectivity index (χ2n) is 5.52. The van der Waals surface area contributed by atoms with Crippen LogP contribution in [-0.4, -0.2) is 22.8 Å². The first-order chi connectivity index (χ1) is 12.5. The molecular formula is C19H16FN3O3. The number of amides is 1. The van der Waals surface area contributed by atoms with Crippen LogP contribution in [0.2, 0.25) is 0 Å². The normalized spacial score (nSPS) is 10.4. The number of benzene rings is 2. The Kier molecular flexibility index (Phi) is 5.07. The Morgan fingerprint density at radius 3 is 2.42 bits per heavy atom. The van der Waals surface area contributed by atoms with Crippen molar-refractivity contribution in [2.45, 2.75) is 6.54 Å². The van der Waals surface area contributed by atoms with Crippen LogP contribution in [0.3, 0.4) is 0 Å². The second kappa shape index (κ2) is 7.60. The molecule has 0 aliphatic heterocycles. The SMILES string of the molecule is COc1ccc(NC(=O)c2ccc(=O)n(Cc3ccc(F)cc3)n2)cc1. The van der Waals surface area contributed by atoms with Crippen molar-refractivity contribution >= 4 is 11.6 Å². The topological polar surface area (TPSA) is 73.2 Å². The molecule has 0 saturated heterocycles. The van der Waals surface area contributed by atoms with Crippen molar-refractivity contribution in [1.82, 2.24) is 9.78 Å². The summed E-state index contributed by atoms with van der Waals surface area (Å²) in [7, 11) is 1.56. The van der Waals surface area contributed by atoms with E-state index in [1.54, 1.807) is 43.5 Å². The fourth-order valence-corrected chi connectivity index (χ4v) is 2.32. The minimum atomic E-state index is -0.442. The van der Waals surface area contributed by atoms with Crippen molar-refractivity contribution < 1.29 is 13.9 Å². The molecule has 1 amide bonds. The summed E-state index contributed by atoms with van der Waals surface area (Å²) in [5, 5.41) is 6.80. The van der Waals surface area contributed by atoms with Gasteiger partial charge < -0.3 is 10.1 Å². The van der Waals surface area contributed by atoms with Crippen molar-refractivity contribution in [3.05, 3.63) is 88.1 Å². The van der Waals surface area contributed by atoms with Crippen LogP contribution < -0.4 is 15.6 Å². The number of aromatic nitrogens is 2. The molecule has 0 radical (unpaired) electrons. The zero-order valence-electron chi connectivity index (χ0n) is 14.0. The van der Waals surface area contributed by atoms with E-state index >= 15 is 0 Å². The van der Waals surface area contributed by atoms with Gasteiger partial charge in [0, 0.05) is 11.8 Å². The van der Waals surface area contributed by atoms with E-state index in [0.717, 1.165) is 4.68 Å². The summed E-state index contributed by atoms with van der Waals surface area (Å²) in [6.07, 6.45) is 0. The van der Waals surface area contributed by atoms with Crippen molar-refractivity contribution in [2.24, 2.45) is 0 Å². The number of hydrogen-bond acceptors (Lipinski definition) is 4. The third-order valence-corrected chi connectivity index (χ3v) is 3.69. The lowest BCUT2D eigenvalue weighted by atomic mass is 10.2. The van der Waals surface area contributed by atoms with Crippen molar-refractivity contribution in [3.63, 3.8) is 0 Å². The molecule has 3 aromatic rings. The number of rotatable bonds is 5. The molecule has 0 aliphatic carbocycles. The smallest absolute Gasteiger partial charge is 0.276 e. The third kappa shape index (κ3) is 4.13. The molecule has 0 spiro atoms. The fourth-order valence-electron chi connectivity index (χ4n) is 2.32. The first-order valence-corrected chi connectivity index (χ1v) is 7.83. The van der Waals surface area contributed by atoms with Gasteiger partial charge >= 0.3 is 0 Å². The summed E-state index contributed by atoms with van der Waals surface area (Å²) in [5.41, 5.74) is 1.03. The van der Waals surface area contributed by atoms with E-state index in [4.69, 9.17) is 4.74 Å². The molecule has 0 saturated carbocycles. The lowest BCUT2D eigenvalue weighted by Gasteiger charge is -2.08. The maximum Gasteiger partial charge on any atom is 0.276 e. The van der Waals surface area contributed by atoms with Gasteiger partial charge in [-0.15, -0.1) is 0 Å². The van der Waals surface area contributed by atoms with E-state index in [-0.39, 0.29) is 23.6 Å². The Bertz CT molecular complexity index is 967. The summed E-state index contributed by atoms with van der Waals surface area (Å²) in [5.74, 6) is -0.126. The van der Waals surface area contributed by atoms with Crippen LogP contribution in [0.4, 0.5) is 10.1 Å². The molecule has 3 rings (SSSR count). The Balaban J connectivity index is 1.78. The highest BCUT2D eigenvalue weighted by molar-refractivity contribution is 6.02. The molecule has 1 heterocycles. The average Bonchev–Trinajstić information content (AvgIpc) is 2.66. The molecule has 0 atom stereocenters. The molecular weight excluding hydrogens is 337 g/mol. The van der Waals surface area contributed by atoms with Gasteiger partial charge in [-0.05, 0) is 48.0 Å². The number of halogens is 1. The molecule has 6 nitrogen and oxygen atoms in total. The maximum atomic E-state index is 13.0. The van der Waals surface area contributed by atoms with Crippen LogP contribution in [0.25, 0.3) is 0 Å². The molecule has 0 fully saturated rings. The number of methoxy groups -OCH3 is 1.